The molecule has 0 saturated carbocycles. The summed E-state index contributed by atoms with van der Waals surface area (Å²) < 4.78 is 10.4. The highest BCUT2D eigenvalue weighted by molar-refractivity contribution is 6.32. The predicted molar refractivity (Wildman–Crippen MR) is 65.8 cm³/mol. The van der Waals surface area contributed by atoms with Gasteiger partial charge in [-0.05, 0) is 24.1 Å². The van der Waals surface area contributed by atoms with Gasteiger partial charge in [0.25, 0.3) is 0 Å². The van der Waals surface area contributed by atoms with Gasteiger partial charge in [-0.1, -0.05) is 17.7 Å². The van der Waals surface area contributed by atoms with Crippen LogP contribution in [-0.4, -0.2) is 26.2 Å². The Labute approximate surface area is 105 Å². The molecule has 88 valence electrons. The Balaban J connectivity index is 2.29. The summed E-state index contributed by atoms with van der Waals surface area (Å²) in [5.41, 5.74) is 1.24. The van der Waals surface area contributed by atoms with Gasteiger partial charge in [-0.3, -0.25) is 0 Å². The fourth-order valence-electron chi connectivity index (χ4n) is 1.98. The predicted octanol–water partition coefficient (Wildman–Crippen LogP) is 3.25. The van der Waals surface area contributed by atoms with E-state index in [9.17, 15) is 0 Å². The van der Waals surface area contributed by atoms with Gasteiger partial charge in [0.1, 0.15) is 5.75 Å². The number of benzene rings is 1. The number of hydrogen-bond acceptors (Lipinski definition) is 2. The van der Waals surface area contributed by atoms with E-state index in [1.165, 1.54) is 5.56 Å². The third kappa shape index (κ3) is 2.02. The van der Waals surface area contributed by atoms with Crippen molar-refractivity contribution in [1.29, 1.82) is 0 Å². The number of hydrogen-bond donors (Lipinski definition) is 0. The molecule has 16 heavy (non-hydrogen) atoms. The lowest BCUT2D eigenvalue weighted by atomic mass is 9.76. The summed E-state index contributed by atoms with van der Waals surface area (Å²) in [6.07, 6.45) is 0.914. The highest BCUT2D eigenvalue weighted by atomic mass is 35.5. The van der Waals surface area contributed by atoms with Crippen molar-refractivity contribution >= 4 is 23.2 Å². The number of alkyl halides is 1. The highest BCUT2D eigenvalue weighted by Crippen LogP contribution is 2.39. The second-order valence-electron chi connectivity index (χ2n) is 4.06. The van der Waals surface area contributed by atoms with E-state index >= 15 is 0 Å². The van der Waals surface area contributed by atoms with Crippen LogP contribution in [0.2, 0.25) is 5.02 Å². The molecule has 1 heterocycles. The third-order valence-corrected chi connectivity index (χ3v) is 3.58. The Bertz CT molecular complexity index is 375. The molecule has 0 spiro atoms. The van der Waals surface area contributed by atoms with E-state index in [0.717, 1.165) is 19.6 Å². The zero-order valence-corrected chi connectivity index (χ0v) is 10.6. The molecular weight excluding hydrogens is 247 g/mol. The zero-order valence-electron chi connectivity index (χ0n) is 9.13. The molecule has 1 aromatic rings. The van der Waals surface area contributed by atoms with Crippen molar-refractivity contribution in [2.24, 2.45) is 0 Å². The van der Waals surface area contributed by atoms with Gasteiger partial charge in [-0.2, -0.15) is 0 Å². The average molecular weight is 261 g/mol. The molecule has 0 aliphatic carbocycles. The summed E-state index contributed by atoms with van der Waals surface area (Å²) in [6.45, 7) is 1.45. The van der Waals surface area contributed by atoms with Crippen LogP contribution in [0, 0.1) is 0 Å². The second-order valence-corrected chi connectivity index (χ2v) is 4.85. The summed E-state index contributed by atoms with van der Waals surface area (Å²) >= 11 is 12.0. The van der Waals surface area contributed by atoms with Gasteiger partial charge in [0, 0.05) is 11.3 Å². The number of halogens is 2. The molecule has 0 radical (unpaired) electrons. The molecule has 1 saturated heterocycles. The number of rotatable bonds is 4. The monoisotopic (exact) mass is 260 g/mol. The molecule has 0 amide bonds. The maximum absolute atomic E-state index is 6.12. The smallest absolute Gasteiger partial charge is 0.137 e. The summed E-state index contributed by atoms with van der Waals surface area (Å²) in [7, 11) is 1.61. The van der Waals surface area contributed by atoms with Crippen LogP contribution >= 0.6 is 23.2 Å². The first-order valence-electron chi connectivity index (χ1n) is 5.19. The summed E-state index contributed by atoms with van der Waals surface area (Å²) in [5, 5.41) is 0.640. The molecule has 0 bridgehead atoms. The van der Waals surface area contributed by atoms with Crippen LogP contribution in [-0.2, 0) is 10.2 Å². The van der Waals surface area contributed by atoms with E-state index < -0.39 is 0 Å². The van der Waals surface area contributed by atoms with Crippen molar-refractivity contribution in [3.8, 4) is 5.75 Å². The van der Waals surface area contributed by atoms with Crippen molar-refractivity contribution in [3.05, 3.63) is 28.8 Å². The van der Waals surface area contributed by atoms with Crippen molar-refractivity contribution in [1.82, 2.24) is 0 Å². The normalized spacial score (nSPS) is 17.9. The van der Waals surface area contributed by atoms with Crippen LogP contribution < -0.4 is 4.74 Å². The summed E-state index contributed by atoms with van der Waals surface area (Å²) in [5.74, 6) is 1.33. The average Bonchev–Trinajstić information content (AvgIpc) is 2.23. The van der Waals surface area contributed by atoms with Crippen LogP contribution in [0.3, 0.4) is 0 Å². The van der Waals surface area contributed by atoms with Gasteiger partial charge in [0.2, 0.25) is 0 Å². The Kier molecular flexibility index (Phi) is 3.63. The van der Waals surface area contributed by atoms with E-state index in [2.05, 4.69) is 0 Å². The van der Waals surface area contributed by atoms with Crippen molar-refractivity contribution in [2.45, 2.75) is 11.8 Å². The first kappa shape index (κ1) is 12.0. The molecule has 1 aliphatic heterocycles. The number of ether oxygens (including phenoxy) is 2. The second kappa shape index (κ2) is 4.82. The first-order chi connectivity index (χ1) is 7.72. The van der Waals surface area contributed by atoms with Crippen molar-refractivity contribution in [3.63, 3.8) is 0 Å². The van der Waals surface area contributed by atoms with Gasteiger partial charge in [0.15, 0.2) is 0 Å². The van der Waals surface area contributed by atoms with Crippen molar-refractivity contribution in [2.75, 3.05) is 26.2 Å². The summed E-state index contributed by atoms with van der Waals surface area (Å²) in [6, 6.07) is 5.89. The largest absolute Gasteiger partial charge is 0.495 e. The lowest BCUT2D eigenvalue weighted by Gasteiger charge is -2.41. The van der Waals surface area contributed by atoms with Crippen LogP contribution in [0.15, 0.2) is 18.2 Å². The Morgan fingerprint density at radius 2 is 2.19 bits per heavy atom. The third-order valence-electron chi connectivity index (χ3n) is 3.09. The molecule has 1 fully saturated rings. The van der Waals surface area contributed by atoms with Gasteiger partial charge >= 0.3 is 0 Å². The van der Waals surface area contributed by atoms with E-state index in [4.69, 9.17) is 32.7 Å². The maximum atomic E-state index is 6.12. The Morgan fingerprint density at radius 1 is 1.44 bits per heavy atom. The first-order valence-corrected chi connectivity index (χ1v) is 6.11. The molecule has 0 N–H and O–H groups in total. The molecule has 1 aliphatic rings. The van der Waals surface area contributed by atoms with Crippen LogP contribution in [0.5, 0.6) is 5.75 Å². The van der Waals surface area contributed by atoms with Crippen molar-refractivity contribution < 1.29 is 9.47 Å². The van der Waals surface area contributed by atoms with E-state index in [1.807, 2.05) is 18.2 Å². The number of methoxy groups -OCH3 is 1. The topological polar surface area (TPSA) is 18.5 Å². The molecule has 0 atom stereocenters. The zero-order chi connectivity index (χ0) is 11.6. The maximum Gasteiger partial charge on any atom is 0.137 e. The SMILES string of the molecule is COc1ccc(C2(CCCl)COC2)cc1Cl. The molecular formula is C12H14Cl2O2. The molecule has 1 aromatic carbocycles. The highest BCUT2D eigenvalue weighted by Gasteiger charge is 2.39. The summed E-state index contributed by atoms with van der Waals surface area (Å²) in [4.78, 5) is 0. The van der Waals surface area contributed by atoms with Crippen LogP contribution in [0.4, 0.5) is 0 Å². The Hall–Kier alpha value is -0.440. The van der Waals surface area contributed by atoms with Gasteiger partial charge in [-0.15, -0.1) is 11.6 Å². The molecule has 0 aromatic heterocycles. The van der Waals surface area contributed by atoms with E-state index in [1.54, 1.807) is 7.11 Å². The minimum atomic E-state index is 0.0532. The Morgan fingerprint density at radius 3 is 2.62 bits per heavy atom. The molecule has 0 unspecified atom stereocenters. The lowest BCUT2D eigenvalue weighted by Crippen LogP contribution is -2.47. The van der Waals surface area contributed by atoms with Crippen LogP contribution in [0.25, 0.3) is 0 Å². The van der Waals surface area contributed by atoms with E-state index in [0.29, 0.717) is 16.7 Å². The fourth-order valence-corrected chi connectivity index (χ4v) is 2.60. The van der Waals surface area contributed by atoms with Gasteiger partial charge in [-0.25, -0.2) is 0 Å². The van der Waals surface area contributed by atoms with E-state index in [-0.39, 0.29) is 5.41 Å². The minimum absolute atomic E-state index is 0.0532. The lowest BCUT2D eigenvalue weighted by molar-refractivity contribution is -0.0615. The van der Waals surface area contributed by atoms with Gasteiger partial charge in [0.05, 0.1) is 25.3 Å². The van der Waals surface area contributed by atoms with Crippen LogP contribution in [0.1, 0.15) is 12.0 Å². The molecule has 2 rings (SSSR count). The minimum Gasteiger partial charge on any atom is -0.495 e. The van der Waals surface area contributed by atoms with Gasteiger partial charge < -0.3 is 9.47 Å². The molecule has 2 nitrogen and oxygen atoms in total. The standard InChI is InChI=1S/C12H14Cl2O2/c1-15-11-3-2-9(6-10(11)14)12(4-5-13)7-16-8-12/h2-3,6H,4-5,7-8H2,1H3. The fraction of sp³-hybridized carbons (Fsp3) is 0.500. The molecule has 4 heteroatoms. The quantitative estimate of drug-likeness (QED) is 0.774.